The number of benzene rings is 1. The van der Waals surface area contributed by atoms with Crippen LogP contribution in [0.1, 0.15) is 13.0 Å². The fourth-order valence-electron chi connectivity index (χ4n) is 1.93. The van der Waals surface area contributed by atoms with Crippen LogP contribution in [0.5, 0.6) is 11.6 Å². The minimum Gasteiger partial charge on any atom is -0.506 e. The average Bonchev–Trinajstić information content (AvgIpc) is 3.00. The van der Waals surface area contributed by atoms with Crippen LogP contribution in [0.4, 0.5) is 17.1 Å². The number of nitrogens with zero attached hydrogens (tertiary/aromatic N) is 4. The van der Waals surface area contributed by atoms with Crippen LogP contribution in [0, 0.1) is 20.2 Å². The van der Waals surface area contributed by atoms with Gasteiger partial charge in [-0.3, -0.25) is 25.0 Å². The van der Waals surface area contributed by atoms with E-state index in [1.165, 1.54) is 20.1 Å². The zero-order chi connectivity index (χ0) is 18.7. The molecule has 0 spiro atoms. The van der Waals surface area contributed by atoms with Crippen molar-refractivity contribution in [3.05, 3.63) is 44.6 Å². The number of ether oxygens (including phenoxy) is 1. The maximum absolute atomic E-state index is 12.2. The second kappa shape index (κ2) is 6.82. The van der Waals surface area contributed by atoms with E-state index in [4.69, 9.17) is 4.74 Å². The van der Waals surface area contributed by atoms with E-state index in [1.54, 1.807) is 0 Å². The van der Waals surface area contributed by atoms with Crippen molar-refractivity contribution >= 4 is 23.0 Å². The van der Waals surface area contributed by atoms with Gasteiger partial charge in [-0.15, -0.1) is 5.10 Å². The van der Waals surface area contributed by atoms with Crippen LogP contribution in [0.2, 0.25) is 0 Å². The highest BCUT2D eigenvalue weighted by Crippen LogP contribution is 2.29. The molecule has 1 aromatic heterocycles. The summed E-state index contributed by atoms with van der Waals surface area (Å²) in [4.78, 5) is 32.4. The summed E-state index contributed by atoms with van der Waals surface area (Å²) >= 11 is 0. The summed E-state index contributed by atoms with van der Waals surface area (Å²) in [5.41, 5.74) is -0.785. The number of hydrogen-bond acceptors (Lipinski definition) is 8. The third-order valence-corrected chi connectivity index (χ3v) is 3.30. The largest absolute Gasteiger partial charge is 0.506 e. The molecule has 2 rings (SSSR count). The Hall–Kier alpha value is -3.70. The maximum Gasteiger partial charge on any atom is 0.350 e. The summed E-state index contributed by atoms with van der Waals surface area (Å²) in [6, 6.07) is 2.20. The number of hydrogen-bond donors (Lipinski definition) is 2. The van der Waals surface area contributed by atoms with E-state index >= 15 is 0 Å². The van der Waals surface area contributed by atoms with Gasteiger partial charge < -0.3 is 15.2 Å². The van der Waals surface area contributed by atoms with Gasteiger partial charge in [0.15, 0.2) is 0 Å². The van der Waals surface area contributed by atoms with Gasteiger partial charge in [0.25, 0.3) is 5.69 Å². The van der Waals surface area contributed by atoms with Gasteiger partial charge in [-0.2, -0.15) is 0 Å². The van der Waals surface area contributed by atoms with Gasteiger partial charge in [0.05, 0.1) is 28.7 Å². The first-order valence-electron chi connectivity index (χ1n) is 6.80. The molecule has 0 aliphatic heterocycles. The predicted octanol–water partition coefficient (Wildman–Crippen LogP) is 1.61. The number of aromatic nitrogens is 2. The molecule has 0 bridgehead atoms. The highest BCUT2D eigenvalue weighted by molar-refractivity contribution is 5.94. The fraction of sp³-hybridized carbons (Fsp3) is 0.231. The number of carbonyl (C=O) groups is 1. The lowest BCUT2D eigenvalue weighted by molar-refractivity contribution is -0.385. The number of amides is 1. The minimum absolute atomic E-state index is 0.0453. The van der Waals surface area contributed by atoms with Crippen LogP contribution in [-0.2, 0) is 4.79 Å². The molecule has 12 heteroatoms. The predicted molar refractivity (Wildman–Crippen MR) is 83.5 cm³/mol. The van der Waals surface area contributed by atoms with Gasteiger partial charge in [-0.05, 0) is 13.0 Å². The van der Waals surface area contributed by atoms with E-state index in [1.807, 2.05) is 0 Å². The topological polar surface area (TPSA) is 163 Å². The van der Waals surface area contributed by atoms with Crippen molar-refractivity contribution in [2.75, 3.05) is 12.4 Å². The number of phenolic OH excluding ortho intramolecular Hbond substituents is 1. The van der Waals surface area contributed by atoms with E-state index in [0.29, 0.717) is 0 Å². The summed E-state index contributed by atoms with van der Waals surface area (Å²) < 4.78 is 5.82. The van der Waals surface area contributed by atoms with Crippen LogP contribution in [0.25, 0.3) is 0 Å². The van der Waals surface area contributed by atoms with Crippen LogP contribution in [0.3, 0.4) is 0 Å². The quantitative estimate of drug-likeness (QED) is 0.450. The Kier molecular flexibility index (Phi) is 4.81. The normalized spacial score (nSPS) is 11.6. The number of nitro benzene ring substituents is 1. The second-order valence-electron chi connectivity index (χ2n) is 4.88. The first-order chi connectivity index (χ1) is 11.7. The summed E-state index contributed by atoms with van der Waals surface area (Å²) in [6.07, 6.45) is 1.04. The van der Waals surface area contributed by atoms with Crippen LogP contribution >= 0.6 is 0 Å². The number of methoxy groups -OCH3 is 1. The summed E-state index contributed by atoms with van der Waals surface area (Å²) in [6.45, 7) is 1.42. The van der Waals surface area contributed by atoms with Crippen LogP contribution in [-0.4, -0.2) is 37.8 Å². The van der Waals surface area contributed by atoms with Crippen molar-refractivity contribution in [3.63, 3.8) is 0 Å². The Labute approximate surface area is 139 Å². The fourth-order valence-corrected chi connectivity index (χ4v) is 1.93. The Morgan fingerprint density at radius 1 is 1.36 bits per heavy atom. The molecule has 0 saturated heterocycles. The minimum atomic E-state index is -0.975. The van der Waals surface area contributed by atoms with E-state index in [0.717, 1.165) is 23.0 Å². The van der Waals surface area contributed by atoms with Crippen LogP contribution < -0.4 is 10.1 Å². The molecule has 25 heavy (non-hydrogen) atoms. The lowest BCUT2D eigenvalue weighted by atomic mass is 10.2. The third-order valence-electron chi connectivity index (χ3n) is 3.30. The standard InChI is InChI=1S/C13H13N5O7/c1-7(16-6-10(18(23)24)13(15-16)25-2)12(20)14-9-4-3-8(17(21)22)5-11(9)19/h3-7,19H,1-2H3,(H,14,20). The van der Waals surface area contributed by atoms with Gasteiger partial charge >= 0.3 is 11.6 Å². The summed E-state index contributed by atoms with van der Waals surface area (Å²) in [5, 5.41) is 37.4. The van der Waals surface area contributed by atoms with E-state index < -0.39 is 33.2 Å². The molecule has 12 nitrogen and oxygen atoms in total. The molecular formula is C13H13N5O7. The average molecular weight is 351 g/mol. The van der Waals surface area contributed by atoms with Crippen molar-refractivity contribution in [2.24, 2.45) is 0 Å². The van der Waals surface area contributed by atoms with E-state index in [2.05, 4.69) is 10.4 Å². The number of anilines is 1. The lowest BCUT2D eigenvalue weighted by Crippen LogP contribution is -2.24. The molecule has 1 heterocycles. The van der Waals surface area contributed by atoms with Crippen LogP contribution in [0.15, 0.2) is 24.4 Å². The van der Waals surface area contributed by atoms with Gasteiger partial charge in [0, 0.05) is 6.07 Å². The monoisotopic (exact) mass is 351 g/mol. The molecule has 2 aromatic rings. The van der Waals surface area contributed by atoms with Crippen molar-refractivity contribution < 1.29 is 24.5 Å². The van der Waals surface area contributed by atoms with E-state index in [9.17, 15) is 30.1 Å². The number of aromatic hydroxyl groups is 1. The Balaban J connectivity index is 2.21. The van der Waals surface area contributed by atoms with Crippen molar-refractivity contribution in [3.8, 4) is 11.6 Å². The maximum atomic E-state index is 12.2. The molecule has 1 atom stereocenters. The molecule has 1 aromatic carbocycles. The summed E-state index contributed by atoms with van der Waals surface area (Å²) in [5.74, 6) is -1.38. The Morgan fingerprint density at radius 2 is 2.04 bits per heavy atom. The molecule has 0 aliphatic rings. The highest BCUT2D eigenvalue weighted by Gasteiger charge is 2.25. The molecule has 1 amide bonds. The first kappa shape index (κ1) is 17.7. The van der Waals surface area contributed by atoms with Gasteiger partial charge in [0.1, 0.15) is 18.0 Å². The second-order valence-corrected chi connectivity index (χ2v) is 4.88. The summed E-state index contributed by atoms with van der Waals surface area (Å²) in [7, 11) is 1.21. The molecule has 0 aliphatic carbocycles. The number of carbonyl (C=O) groups excluding carboxylic acids is 1. The number of non-ortho nitro benzene ring substituents is 1. The first-order valence-corrected chi connectivity index (χ1v) is 6.80. The Bertz CT molecular complexity index is 847. The van der Waals surface area contributed by atoms with Crippen molar-refractivity contribution in [1.29, 1.82) is 0 Å². The number of phenols is 1. The number of rotatable bonds is 6. The SMILES string of the molecule is COc1nn(C(C)C(=O)Nc2ccc([N+](=O)[O-])cc2O)cc1[N+](=O)[O-]. The number of nitro groups is 2. The third kappa shape index (κ3) is 3.63. The van der Waals surface area contributed by atoms with Gasteiger partial charge in [-0.25, -0.2) is 4.68 Å². The molecule has 0 radical (unpaired) electrons. The zero-order valence-electron chi connectivity index (χ0n) is 13.1. The van der Waals surface area contributed by atoms with Crippen molar-refractivity contribution in [1.82, 2.24) is 9.78 Å². The zero-order valence-corrected chi connectivity index (χ0v) is 13.1. The molecule has 0 fully saturated rings. The van der Waals surface area contributed by atoms with E-state index in [-0.39, 0.29) is 17.3 Å². The molecular weight excluding hydrogens is 338 g/mol. The molecule has 1 unspecified atom stereocenters. The smallest absolute Gasteiger partial charge is 0.350 e. The molecule has 132 valence electrons. The molecule has 0 saturated carbocycles. The molecule has 2 N–H and O–H groups in total. The lowest BCUT2D eigenvalue weighted by Gasteiger charge is -2.13. The van der Waals surface area contributed by atoms with Gasteiger partial charge in [0.2, 0.25) is 5.91 Å². The highest BCUT2D eigenvalue weighted by atomic mass is 16.6. The number of nitrogens with one attached hydrogen (secondary N) is 1. The Morgan fingerprint density at radius 3 is 2.52 bits per heavy atom. The van der Waals surface area contributed by atoms with Gasteiger partial charge in [-0.1, -0.05) is 0 Å². The van der Waals surface area contributed by atoms with Crippen molar-refractivity contribution in [2.45, 2.75) is 13.0 Å².